The van der Waals surface area contributed by atoms with Gasteiger partial charge in [-0.1, -0.05) is 6.92 Å². The van der Waals surface area contributed by atoms with Crippen LogP contribution >= 0.6 is 0 Å². The van der Waals surface area contributed by atoms with Crippen LogP contribution in [-0.2, 0) is 21.9 Å². The molecule has 3 heterocycles. The van der Waals surface area contributed by atoms with Crippen LogP contribution in [0.1, 0.15) is 45.2 Å². The molecule has 1 aromatic rings. The Balaban J connectivity index is 1.57. The molecule has 2 atom stereocenters. The minimum atomic E-state index is -3.63. The normalized spacial score (nSPS) is 23.8. The zero-order valence-electron chi connectivity index (χ0n) is 18.1. The van der Waals surface area contributed by atoms with Crippen molar-refractivity contribution in [2.75, 3.05) is 32.7 Å². The highest BCUT2D eigenvalue weighted by Gasteiger charge is 2.35. The van der Waals surface area contributed by atoms with Crippen LogP contribution in [0.15, 0.2) is 11.1 Å². The Morgan fingerprint density at radius 3 is 2.59 bits per heavy atom. The summed E-state index contributed by atoms with van der Waals surface area (Å²) >= 11 is 0. The minimum absolute atomic E-state index is 0.0364. The summed E-state index contributed by atoms with van der Waals surface area (Å²) in [6.45, 7) is 9.77. The van der Waals surface area contributed by atoms with Gasteiger partial charge in [-0.25, -0.2) is 8.42 Å². The summed E-state index contributed by atoms with van der Waals surface area (Å²) in [7, 11) is -1.91. The summed E-state index contributed by atoms with van der Waals surface area (Å²) in [6.07, 6.45) is 5.23. The molecule has 29 heavy (non-hydrogen) atoms. The summed E-state index contributed by atoms with van der Waals surface area (Å²) in [5.74, 6) is 0.444. The first kappa shape index (κ1) is 22.2. The molecular formula is C20H35N5O3S. The van der Waals surface area contributed by atoms with Gasteiger partial charge in [0.1, 0.15) is 4.90 Å². The van der Waals surface area contributed by atoms with Crippen molar-refractivity contribution in [3.05, 3.63) is 11.9 Å². The summed E-state index contributed by atoms with van der Waals surface area (Å²) < 4.78 is 29.1. The van der Waals surface area contributed by atoms with E-state index >= 15 is 0 Å². The number of hydrogen-bond acceptors (Lipinski definition) is 5. The molecule has 0 aromatic carbocycles. The third-order valence-electron chi connectivity index (χ3n) is 6.36. The maximum Gasteiger partial charge on any atom is 0.246 e. The highest BCUT2D eigenvalue weighted by molar-refractivity contribution is 7.89. The van der Waals surface area contributed by atoms with Crippen LogP contribution < -0.4 is 5.32 Å². The van der Waals surface area contributed by atoms with Crippen molar-refractivity contribution in [3.63, 3.8) is 0 Å². The second-order valence-corrected chi connectivity index (χ2v) is 10.7. The molecular weight excluding hydrogens is 390 g/mol. The molecule has 0 radical (unpaired) electrons. The molecule has 0 spiro atoms. The smallest absolute Gasteiger partial charge is 0.246 e. The van der Waals surface area contributed by atoms with Gasteiger partial charge in [0.05, 0.1) is 17.8 Å². The van der Waals surface area contributed by atoms with E-state index in [4.69, 9.17) is 0 Å². The number of nitrogens with one attached hydrogen (secondary N) is 1. The van der Waals surface area contributed by atoms with Gasteiger partial charge in [-0.3, -0.25) is 9.48 Å². The van der Waals surface area contributed by atoms with E-state index in [1.807, 2.05) is 6.92 Å². The molecule has 2 unspecified atom stereocenters. The van der Waals surface area contributed by atoms with Gasteiger partial charge in [-0.2, -0.15) is 9.40 Å². The average molecular weight is 426 g/mol. The fraction of sp³-hybridized carbons (Fsp3) is 0.800. The van der Waals surface area contributed by atoms with Crippen LogP contribution in [0.2, 0.25) is 0 Å². The van der Waals surface area contributed by atoms with Gasteiger partial charge in [0.25, 0.3) is 0 Å². The Bertz CT molecular complexity index is 814. The number of aryl methyl sites for hydroxylation is 1. The molecule has 2 aliphatic rings. The maximum absolute atomic E-state index is 13.0. The third kappa shape index (κ3) is 5.19. The van der Waals surface area contributed by atoms with Crippen molar-refractivity contribution in [2.24, 2.45) is 18.9 Å². The van der Waals surface area contributed by atoms with E-state index in [0.717, 1.165) is 32.0 Å². The lowest BCUT2D eigenvalue weighted by atomic mass is 9.98. The molecule has 0 aliphatic carbocycles. The first-order valence-electron chi connectivity index (χ1n) is 10.7. The molecule has 8 nitrogen and oxygen atoms in total. The highest BCUT2D eigenvalue weighted by atomic mass is 32.2. The van der Waals surface area contributed by atoms with E-state index < -0.39 is 10.0 Å². The van der Waals surface area contributed by atoms with E-state index in [2.05, 4.69) is 22.2 Å². The molecule has 3 rings (SSSR count). The van der Waals surface area contributed by atoms with Crippen molar-refractivity contribution in [3.8, 4) is 0 Å². The van der Waals surface area contributed by atoms with Gasteiger partial charge < -0.3 is 10.2 Å². The van der Waals surface area contributed by atoms with Crippen molar-refractivity contribution in [1.82, 2.24) is 24.3 Å². The van der Waals surface area contributed by atoms with Gasteiger partial charge in [-0.05, 0) is 58.5 Å². The molecule has 1 N–H and O–H groups in total. The SMILES string of the molecule is Cc1c(S(=O)(=O)N2CCCC(C(=O)NC(C)CN3CCC(C)CC3)C2)cnn1C. The lowest BCUT2D eigenvalue weighted by molar-refractivity contribution is -0.126. The number of amides is 1. The molecule has 2 aliphatic heterocycles. The maximum atomic E-state index is 13.0. The van der Waals surface area contributed by atoms with Crippen molar-refractivity contribution in [1.29, 1.82) is 0 Å². The Labute approximate surface area is 174 Å². The van der Waals surface area contributed by atoms with Crippen molar-refractivity contribution < 1.29 is 13.2 Å². The molecule has 0 saturated carbocycles. The van der Waals surface area contributed by atoms with Crippen LogP contribution in [0.4, 0.5) is 0 Å². The fourth-order valence-electron chi connectivity index (χ4n) is 4.28. The van der Waals surface area contributed by atoms with Gasteiger partial charge in [-0.15, -0.1) is 0 Å². The monoisotopic (exact) mass is 425 g/mol. The van der Waals surface area contributed by atoms with Crippen molar-refractivity contribution >= 4 is 15.9 Å². The highest BCUT2D eigenvalue weighted by Crippen LogP contribution is 2.25. The van der Waals surface area contributed by atoms with Gasteiger partial charge in [0.2, 0.25) is 15.9 Å². The van der Waals surface area contributed by atoms with E-state index in [-0.39, 0.29) is 29.3 Å². The largest absolute Gasteiger partial charge is 0.352 e. The average Bonchev–Trinajstić information content (AvgIpc) is 3.03. The topological polar surface area (TPSA) is 87.5 Å². The Kier molecular flexibility index (Phi) is 7.01. The first-order chi connectivity index (χ1) is 13.7. The number of sulfonamides is 1. The molecule has 1 amide bonds. The van der Waals surface area contributed by atoms with Crippen LogP contribution in [0.3, 0.4) is 0 Å². The predicted molar refractivity (Wildman–Crippen MR) is 112 cm³/mol. The number of nitrogens with zero attached hydrogens (tertiary/aromatic N) is 4. The molecule has 9 heteroatoms. The number of likely N-dealkylation sites (tertiary alicyclic amines) is 1. The number of aromatic nitrogens is 2. The predicted octanol–water partition coefficient (Wildman–Crippen LogP) is 1.37. The van der Waals surface area contributed by atoms with E-state index in [1.54, 1.807) is 18.7 Å². The zero-order chi connectivity index (χ0) is 21.2. The molecule has 0 bridgehead atoms. The summed E-state index contributed by atoms with van der Waals surface area (Å²) in [5, 5.41) is 7.17. The molecule has 2 fully saturated rings. The first-order valence-corrected chi connectivity index (χ1v) is 12.1. The van der Waals surface area contributed by atoms with Gasteiger partial charge in [0, 0.05) is 32.7 Å². The van der Waals surface area contributed by atoms with E-state index in [0.29, 0.717) is 18.7 Å². The van der Waals surface area contributed by atoms with Crippen LogP contribution in [0.5, 0.6) is 0 Å². The number of hydrogen-bond donors (Lipinski definition) is 1. The zero-order valence-corrected chi connectivity index (χ0v) is 18.9. The standard InChI is InChI=1S/C20H35N5O3S/c1-15-7-10-24(11-8-15)13-16(2)22-20(26)18-6-5-9-25(14-18)29(27,28)19-12-21-23(4)17(19)3/h12,15-16,18H,5-11,13-14H2,1-4H3,(H,22,26). The third-order valence-corrected chi connectivity index (χ3v) is 8.33. The Morgan fingerprint density at radius 2 is 1.97 bits per heavy atom. The Hall–Kier alpha value is -1.45. The minimum Gasteiger partial charge on any atom is -0.352 e. The number of carbonyl (C=O) groups excluding carboxylic acids is 1. The van der Waals surface area contributed by atoms with Gasteiger partial charge >= 0.3 is 0 Å². The van der Waals surface area contributed by atoms with Crippen LogP contribution in [0, 0.1) is 18.8 Å². The lowest BCUT2D eigenvalue weighted by Crippen LogP contribution is -2.49. The molecule has 164 valence electrons. The second kappa shape index (κ2) is 9.14. The quantitative estimate of drug-likeness (QED) is 0.744. The lowest BCUT2D eigenvalue weighted by Gasteiger charge is -2.34. The summed E-state index contributed by atoms with van der Waals surface area (Å²) in [4.78, 5) is 15.5. The number of rotatable bonds is 6. The molecule has 2 saturated heterocycles. The second-order valence-electron chi connectivity index (χ2n) is 8.81. The van der Waals surface area contributed by atoms with Gasteiger partial charge in [0.15, 0.2) is 0 Å². The summed E-state index contributed by atoms with van der Waals surface area (Å²) in [5.41, 5.74) is 0.612. The molecule has 1 aromatic heterocycles. The number of piperidine rings is 2. The van der Waals surface area contributed by atoms with Crippen LogP contribution in [-0.4, -0.2) is 72.1 Å². The van der Waals surface area contributed by atoms with E-state index in [1.165, 1.54) is 23.3 Å². The fourth-order valence-corrected chi connectivity index (χ4v) is 5.99. The van der Waals surface area contributed by atoms with Crippen LogP contribution in [0.25, 0.3) is 0 Å². The van der Waals surface area contributed by atoms with Crippen molar-refractivity contribution in [2.45, 2.75) is 57.4 Å². The number of carbonyl (C=O) groups is 1. The summed E-state index contributed by atoms with van der Waals surface area (Å²) in [6, 6.07) is 0.0588. The van der Waals surface area contributed by atoms with E-state index in [9.17, 15) is 13.2 Å². The Morgan fingerprint density at radius 1 is 1.28 bits per heavy atom.